The highest BCUT2D eigenvalue weighted by Crippen LogP contribution is 2.25. The molecular formula is C13H10F3N3O. The second-order valence-electron chi connectivity index (χ2n) is 4.11. The quantitative estimate of drug-likeness (QED) is 0.935. The van der Waals surface area contributed by atoms with E-state index in [4.69, 9.17) is 10.5 Å². The van der Waals surface area contributed by atoms with Crippen LogP contribution in [-0.2, 0) is 12.5 Å². The summed E-state index contributed by atoms with van der Waals surface area (Å²) in [6, 6.07) is 7.36. The summed E-state index contributed by atoms with van der Waals surface area (Å²) in [5, 5.41) is 0. The molecule has 1 aromatic carbocycles. The molecule has 1 aromatic heterocycles. The van der Waals surface area contributed by atoms with Gasteiger partial charge in [-0.3, -0.25) is 0 Å². The zero-order valence-electron chi connectivity index (χ0n) is 10.5. The molecule has 0 aliphatic carbocycles. The highest BCUT2D eigenvalue weighted by molar-refractivity contribution is 5.29. The Labute approximate surface area is 113 Å². The van der Waals surface area contributed by atoms with Crippen LogP contribution in [0.4, 0.5) is 19.0 Å². The first-order valence-corrected chi connectivity index (χ1v) is 5.57. The van der Waals surface area contributed by atoms with Crippen molar-refractivity contribution in [3.8, 4) is 6.01 Å². The molecule has 0 aliphatic heterocycles. The lowest BCUT2D eigenvalue weighted by Crippen LogP contribution is -2.08. The van der Waals surface area contributed by atoms with Crippen molar-refractivity contribution in [2.75, 3.05) is 5.73 Å². The number of nitrogens with two attached hydrogens (primary N) is 1. The number of aromatic nitrogens is 2. The third kappa shape index (κ3) is 3.29. The van der Waals surface area contributed by atoms with Crippen LogP contribution in [0.3, 0.4) is 0 Å². The molecule has 7 heteroatoms. The smallest absolute Gasteiger partial charge is 0.318 e. The van der Waals surface area contributed by atoms with Crippen LogP contribution in [0.1, 0.15) is 18.1 Å². The van der Waals surface area contributed by atoms with Gasteiger partial charge in [0.1, 0.15) is 6.61 Å². The Morgan fingerprint density at radius 1 is 1.45 bits per heavy atom. The van der Waals surface area contributed by atoms with Crippen molar-refractivity contribution in [3.63, 3.8) is 0 Å². The summed E-state index contributed by atoms with van der Waals surface area (Å²) in [6.45, 7) is 0.695. The second kappa shape index (κ2) is 5.25. The van der Waals surface area contributed by atoms with Gasteiger partial charge in [0.15, 0.2) is 11.6 Å². The number of hydrogen-bond donors (Lipinski definition) is 1. The molecule has 0 amide bonds. The van der Waals surface area contributed by atoms with Crippen LogP contribution in [0, 0.1) is 17.9 Å². The van der Waals surface area contributed by atoms with Crippen molar-refractivity contribution >= 4 is 5.82 Å². The summed E-state index contributed by atoms with van der Waals surface area (Å²) in [5.41, 5.74) is 5.40. The van der Waals surface area contributed by atoms with Gasteiger partial charge in [-0.1, -0.05) is 12.1 Å². The molecule has 4 nitrogen and oxygen atoms in total. The average molecular weight is 281 g/mol. The van der Waals surface area contributed by atoms with Gasteiger partial charge in [0.05, 0.1) is 11.8 Å². The third-order valence-corrected chi connectivity index (χ3v) is 2.38. The first-order valence-electron chi connectivity index (χ1n) is 5.57. The normalized spacial score (nSPS) is 11.0. The topological polar surface area (TPSA) is 61.0 Å². The van der Waals surface area contributed by atoms with Gasteiger partial charge in [0, 0.05) is 6.92 Å². The maximum Gasteiger partial charge on any atom is 0.318 e. The van der Waals surface area contributed by atoms with E-state index in [-0.39, 0.29) is 24.0 Å². The number of rotatable bonds is 4. The van der Waals surface area contributed by atoms with E-state index in [9.17, 15) is 13.2 Å². The van der Waals surface area contributed by atoms with Crippen molar-refractivity contribution in [1.82, 2.24) is 9.97 Å². The van der Waals surface area contributed by atoms with Crippen molar-refractivity contribution in [2.45, 2.75) is 19.5 Å². The Kier molecular flexibility index (Phi) is 3.66. The molecule has 0 bridgehead atoms. The van der Waals surface area contributed by atoms with Crippen molar-refractivity contribution in [3.05, 3.63) is 47.4 Å². The molecule has 0 atom stereocenters. The lowest BCUT2D eigenvalue weighted by atomic mass is 10.1. The number of anilines is 1. The molecule has 2 N–H and O–H groups in total. The highest BCUT2D eigenvalue weighted by Gasteiger charge is 2.24. The Morgan fingerprint density at radius 2 is 2.20 bits per heavy atom. The molecule has 1 heterocycles. The SMILES string of the molecule is CC(F)(F)c1c#ccc(COc2ncc(F)c(N)n2)c1. The van der Waals surface area contributed by atoms with E-state index in [1.165, 1.54) is 12.1 Å². The molecule has 0 aliphatic rings. The Morgan fingerprint density at radius 3 is 2.85 bits per heavy atom. The summed E-state index contributed by atoms with van der Waals surface area (Å²) in [7, 11) is 0. The number of nitrogen functional groups attached to an aromatic ring is 1. The Bertz CT molecular complexity index is 614. The van der Waals surface area contributed by atoms with Gasteiger partial charge in [-0.2, -0.15) is 4.98 Å². The van der Waals surface area contributed by atoms with E-state index < -0.39 is 11.7 Å². The van der Waals surface area contributed by atoms with Crippen LogP contribution >= 0.6 is 0 Å². The molecule has 20 heavy (non-hydrogen) atoms. The lowest BCUT2D eigenvalue weighted by Gasteiger charge is -2.09. The van der Waals surface area contributed by atoms with Gasteiger partial charge in [0.25, 0.3) is 5.92 Å². The molecule has 0 unspecified atom stereocenters. The standard InChI is InChI=1S/C13H10F3N3O/c1-13(15,16)9-4-2-3-8(5-9)7-20-12-18-6-10(14)11(17)19-12/h3,5-6H,7H2,1H3,(H2,17,18,19). The Balaban J connectivity index is 2.09. The van der Waals surface area contributed by atoms with Crippen LogP contribution in [0.2, 0.25) is 0 Å². The number of halogens is 3. The minimum Gasteiger partial charge on any atom is -0.459 e. The fourth-order valence-electron chi connectivity index (χ4n) is 1.37. The van der Waals surface area contributed by atoms with Crippen molar-refractivity contribution < 1.29 is 17.9 Å². The number of ether oxygens (including phenoxy) is 1. The summed E-state index contributed by atoms with van der Waals surface area (Å²) in [5.74, 6) is -4.11. The summed E-state index contributed by atoms with van der Waals surface area (Å²) in [6.07, 6.45) is 0.869. The first kappa shape index (κ1) is 13.9. The number of alkyl halides is 2. The lowest BCUT2D eigenvalue weighted by molar-refractivity contribution is 0.0173. The van der Waals surface area contributed by atoms with Crippen molar-refractivity contribution in [2.24, 2.45) is 0 Å². The predicted molar refractivity (Wildman–Crippen MR) is 64.4 cm³/mol. The fraction of sp³-hybridized carbons (Fsp3) is 0.231. The third-order valence-electron chi connectivity index (χ3n) is 2.38. The van der Waals surface area contributed by atoms with Gasteiger partial charge in [-0.05, 0) is 17.7 Å². The Hall–Kier alpha value is -2.49. The maximum atomic E-state index is 13.1. The molecule has 104 valence electrons. The average Bonchev–Trinajstić information content (AvgIpc) is 2.39. The molecule has 0 radical (unpaired) electrons. The zero-order valence-corrected chi connectivity index (χ0v) is 10.5. The van der Waals surface area contributed by atoms with E-state index in [2.05, 4.69) is 22.1 Å². The highest BCUT2D eigenvalue weighted by atomic mass is 19.3. The first-order chi connectivity index (χ1) is 9.36. The number of nitrogens with zero attached hydrogens (tertiary/aromatic N) is 2. The van der Waals surface area contributed by atoms with Gasteiger partial charge in [-0.25, -0.2) is 18.2 Å². The van der Waals surface area contributed by atoms with Crippen LogP contribution in [-0.4, -0.2) is 9.97 Å². The molecule has 0 fully saturated rings. The number of hydrogen-bond acceptors (Lipinski definition) is 4. The molecule has 0 saturated carbocycles. The summed E-state index contributed by atoms with van der Waals surface area (Å²) < 4.78 is 44.2. The van der Waals surface area contributed by atoms with Crippen LogP contribution in [0.25, 0.3) is 0 Å². The molecule has 2 rings (SSSR count). The summed E-state index contributed by atoms with van der Waals surface area (Å²) in [4.78, 5) is 7.13. The fourth-order valence-corrected chi connectivity index (χ4v) is 1.37. The minimum atomic E-state index is -3.01. The van der Waals surface area contributed by atoms with E-state index in [0.29, 0.717) is 5.56 Å². The maximum absolute atomic E-state index is 13.1. The minimum absolute atomic E-state index is 0.0701. The van der Waals surface area contributed by atoms with E-state index in [0.717, 1.165) is 13.1 Å². The molecular weight excluding hydrogens is 271 g/mol. The predicted octanol–water partition coefficient (Wildman–Crippen LogP) is 2.49. The van der Waals surface area contributed by atoms with Crippen LogP contribution in [0.5, 0.6) is 6.01 Å². The van der Waals surface area contributed by atoms with E-state index in [1.54, 1.807) is 0 Å². The monoisotopic (exact) mass is 281 g/mol. The van der Waals surface area contributed by atoms with E-state index >= 15 is 0 Å². The molecule has 0 saturated heterocycles. The largest absolute Gasteiger partial charge is 0.459 e. The van der Waals surface area contributed by atoms with E-state index in [1.807, 2.05) is 0 Å². The van der Waals surface area contributed by atoms with Gasteiger partial charge >= 0.3 is 6.01 Å². The van der Waals surface area contributed by atoms with Crippen LogP contribution < -0.4 is 10.5 Å². The van der Waals surface area contributed by atoms with Crippen LogP contribution in [0.15, 0.2) is 18.3 Å². The zero-order chi connectivity index (χ0) is 14.8. The van der Waals surface area contributed by atoms with Gasteiger partial charge in [-0.15, -0.1) is 0 Å². The second-order valence-corrected chi connectivity index (χ2v) is 4.11. The van der Waals surface area contributed by atoms with Gasteiger partial charge in [0.2, 0.25) is 0 Å². The molecule has 0 spiro atoms. The summed E-state index contributed by atoms with van der Waals surface area (Å²) >= 11 is 0. The van der Waals surface area contributed by atoms with Crippen molar-refractivity contribution in [1.29, 1.82) is 0 Å². The van der Waals surface area contributed by atoms with Gasteiger partial charge < -0.3 is 10.5 Å². The molecule has 2 aromatic rings.